The first-order valence-electron chi connectivity index (χ1n) is 9.37. The number of aliphatic hydroxyl groups excluding tert-OH is 1. The highest BCUT2D eigenvalue weighted by Crippen LogP contribution is 1.99. The maximum absolute atomic E-state index is 11.5. The summed E-state index contributed by atoms with van der Waals surface area (Å²) >= 11 is 0. The van der Waals surface area contributed by atoms with E-state index in [1.807, 2.05) is 13.8 Å². The molecule has 1 N–H and O–H groups in total. The van der Waals surface area contributed by atoms with Crippen LogP contribution in [0.4, 0.5) is 0 Å². The third-order valence-electron chi connectivity index (χ3n) is 2.99. The van der Waals surface area contributed by atoms with Gasteiger partial charge in [-0.3, -0.25) is 4.79 Å². The van der Waals surface area contributed by atoms with Crippen molar-refractivity contribution in [3.05, 3.63) is 0 Å². The Morgan fingerprint density at radius 3 is 1.62 bits per heavy atom. The number of esters is 4. The molecule has 1 unspecified atom stereocenters. The van der Waals surface area contributed by atoms with E-state index in [0.29, 0.717) is 13.2 Å². The Balaban J connectivity index is 3.85. The summed E-state index contributed by atoms with van der Waals surface area (Å²) in [5, 5.41) is 9.58. The Labute approximate surface area is 169 Å². The van der Waals surface area contributed by atoms with Gasteiger partial charge in [-0.25, -0.2) is 14.4 Å². The molecule has 0 aromatic heterocycles. The molecule has 0 fully saturated rings. The van der Waals surface area contributed by atoms with Crippen LogP contribution in [0.3, 0.4) is 0 Å². The molecule has 0 aromatic rings. The third kappa shape index (κ3) is 16.4. The maximum Gasteiger partial charge on any atom is 0.344 e. The number of hydrogen-bond acceptors (Lipinski definition) is 11. The van der Waals surface area contributed by atoms with Gasteiger partial charge < -0.3 is 33.5 Å². The molecular weight excluding hydrogens is 392 g/mol. The number of rotatable bonds is 17. The third-order valence-corrected chi connectivity index (χ3v) is 2.99. The van der Waals surface area contributed by atoms with Gasteiger partial charge in [0.15, 0.2) is 19.3 Å². The molecule has 0 spiro atoms. The van der Waals surface area contributed by atoms with Crippen molar-refractivity contribution in [2.45, 2.75) is 39.2 Å². The Kier molecular flexibility index (Phi) is 16.5. The molecule has 0 amide bonds. The van der Waals surface area contributed by atoms with Crippen LogP contribution in [0.25, 0.3) is 0 Å². The van der Waals surface area contributed by atoms with E-state index in [4.69, 9.17) is 18.9 Å². The molecule has 0 aromatic carbocycles. The number of carbonyl (C=O) groups is 4. The van der Waals surface area contributed by atoms with Crippen molar-refractivity contribution in [1.29, 1.82) is 0 Å². The average Bonchev–Trinajstić information content (AvgIpc) is 2.70. The first-order chi connectivity index (χ1) is 13.9. The number of hydrogen-bond donors (Lipinski definition) is 1. The molecule has 168 valence electrons. The van der Waals surface area contributed by atoms with Gasteiger partial charge in [0.1, 0.15) is 13.2 Å². The molecule has 0 heterocycles. The molecule has 11 nitrogen and oxygen atoms in total. The van der Waals surface area contributed by atoms with E-state index in [1.165, 1.54) is 0 Å². The van der Waals surface area contributed by atoms with Crippen LogP contribution in [-0.2, 0) is 47.6 Å². The topological polar surface area (TPSA) is 144 Å². The monoisotopic (exact) mass is 422 g/mol. The van der Waals surface area contributed by atoms with Gasteiger partial charge in [0, 0.05) is 13.2 Å². The van der Waals surface area contributed by atoms with Crippen LogP contribution in [0, 0.1) is 0 Å². The SMILES string of the molecule is CCCOCCOC(=O)COC(=O)CC(O)C(=O)OCC(=O)OCCOCCC. The summed E-state index contributed by atoms with van der Waals surface area (Å²) in [7, 11) is 0. The molecule has 0 saturated carbocycles. The largest absolute Gasteiger partial charge is 0.461 e. The van der Waals surface area contributed by atoms with Gasteiger partial charge in [-0.15, -0.1) is 0 Å². The van der Waals surface area contributed by atoms with Crippen molar-refractivity contribution in [3.63, 3.8) is 0 Å². The Hall–Kier alpha value is -2.24. The average molecular weight is 422 g/mol. The number of aliphatic hydroxyl groups is 1. The van der Waals surface area contributed by atoms with E-state index >= 15 is 0 Å². The molecule has 0 saturated heterocycles. The van der Waals surface area contributed by atoms with Gasteiger partial charge >= 0.3 is 23.9 Å². The summed E-state index contributed by atoms with van der Waals surface area (Å²) in [4.78, 5) is 45.8. The van der Waals surface area contributed by atoms with E-state index in [1.54, 1.807) is 0 Å². The Morgan fingerprint density at radius 2 is 1.14 bits per heavy atom. The second-order valence-corrected chi connectivity index (χ2v) is 5.65. The molecule has 0 aliphatic heterocycles. The predicted molar refractivity (Wildman–Crippen MR) is 96.7 cm³/mol. The van der Waals surface area contributed by atoms with Gasteiger partial charge in [-0.05, 0) is 12.8 Å². The van der Waals surface area contributed by atoms with E-state index in [0.717, 1.165) is 12.8 Å². The molecule has 0 aliphatic carbocycles. The van der Waals surface area contributed by atoms with Gasteiger partial charge in [0.05, 0.1) is 19.6 Å². The van der Waals surface area contributed by atoms with Crippen LogP contribution in [0.2, 0.25) is 0 Å². The van der Waals surface area contributed by atoms with Crippen LogP contribution in [0.15, 0.2) is 0 Å². The highest BCUT2D eigenvalue weighted by molar-refractivity contribution is 5.84. The first kappa shape index (κ1) is 26.8. The Bertz CT molecular complexity index is 492. The lowest BCUT2D eigenvalue weighted by Gasteiger charge is -2.11. The second kappa shape index (κ2) is 17.8. The van der Waals surface area contributed by atoms with Gasteiger partial charge in [-0.1, -0.05) is 13.8 Å². The van der Waals surface area contributed by atoms with Gasteiger partial charge in [0.2, 0.25) is 0 Å². The fraction of sp³-hybridized carbons (Fsp3) is 0.778. The minimum absolute atomic E-state index is 0.00604. The Morgan fingerprint density at radius 1 is 0.655 bits per heavy atom. The molecule has 0 rings (SSSR count). The van der Waals surface area contributed by atoms with Crippen molar-refractivity contribution in [1.82, 2.24) is 0 Å². The van der Waals surface area contributed by atoms with Crippen LogP contribution >= 0.6 is 0 Å². The van der Waals surface area contributed by atoms with Crippen LogP contribution in [0.5, 0.6) is 0 Å². The number of ether oxygens (including phenoxy) is 6. The van der Waals surface area contributed by atoms with E-state index in [2.05, 4.69) is 9.47 Å². The minimum atomic E-state index is -1.85. The van der Waals surface area contributed by atoms with Crippen molar-refractivity contribution >= 4 is 23.9 Å². The summed E-state index contributed by atoms with van der Waals surface area (Å²) in [5.74, 6) is -3.82. The lowest BCUT2D eigenvalue weighted by molar-refractivity contribution is -0.168. The summed E-state index contributed by atoms with van der Waals surface area (Å²) in [6, 6.07) is 0. The van der Waals surface area contributed by atoms with Crippen molar-refractivity contribution in [2.75, 3.05) is 52.9 Å². The van der Waals surface area contributed by atoms with E-state index in [9.17, 15) is 24.3 Å². The summed E-state index contributed by atoms with van der Waals surface area (Å²) in [6.07, 6.45) is -0.917. The molecule has 0 aliphatic rings. The number of carbonyl (C=O) groups excluding carboxylic acids is 4. The quantitative estimate of drug-likeness (QED) is 0.188. The zero-order valence-corrected chi connectivity index (χ0v) is 16.9. The van der Waals surface area contributed by atoms with Crippen LogP contribution in [-0.4, -0.2) is 87.9 Å². The summed E-state index contributed by atoms with van der Waals surface area (Å²) < 4.78 is 28.8. The minimum Gasteiger partial charge on any atom is -0.461 e. The lowest BCUT2D eigenvalue weighted by atomic mass is 10.2. The lowest BCUT2D eigenvalue weighted by Crippen LogP contribution is -2.30. The van der Waals surface area contributed by atoms with Crippen LogP contribution in [0.1, 0.15) is 33.1 Å². The van der Waals surface area contributed by atoms with E-state index in [-0.39, 0.29) is 26.4 Å². The van der Waals surface area contributed by atoms with Gasteiger partial charge in [-0.2, -0.15) is 0 Å². The zero-order valence-electron chi connectivity index (χ0n) is 16.9. The molecule has 29 heavy (non-hydrogen) atoms. The van der Waals surface area contributed by atoms with Crippen molar-refractivity contribution in [3.8, 4) is 0 Å². The highest BCUT2D eigenvalue weighted by atomic mass is 16.6. The van der Waals surface area contributed by atoms with Gasteiger partial charge in [0.25, 0.3) is 0 Å². The fourth-order valence-electron chi connectivity index (χ4n) is 1.67. The molecule has 0 radical (unpaired) electrons. The summed E-state index contributed by atoms with van der Waals surface area (Å²) in [5.41, 5.74) is 0. The van der Waals surface area contributed by atoms with Crippen molar-refractivity contribution in [2.24, 2.45) is 0 Å². The van der Waals surface area contributed by atoms with Crippen LogP contribution < -0.4 is 0 Å². The predicted octanol–water partition coefficient (Wildman–Crippen LogP) is -0.237. The zero-order chi connectivity index (χ0) is 21.9. The van der Waals surface area contributed by atoms with Crippen molar-refractivity contribution < 1.29 is 52.7 Å². The molecular formula is C18H30O11. The van der Waals surface area contributed by atoms with E-state index < -0.39 is 49.6 Å². The standard InChI is InChI=1S/C18H30O11/c1-3-5-24-7-9-26-16(21)12-28-15(20)11-14(19)18(23)29-13-17(22)27-10-8-25-6-4-2/h14,19H,3-13H2,1-2H3. The maximum atomic E-state index is 11.5. The second-order valence-electron chi connectivity index (χ2n) is 5.65. The normalized spacial score (nSPS) is 11.4. The molecule has 0 bridgehead atoms. The highest BCUT2D eigenvalue weighted by Gasteiger charge is 2.23. The molecule has 1 atom stereocenters. The smallest absolute Gasteiger partial charge is 0.344 e. The molecule has 11 heteroatoms. The first-order valence-corrected chi connectivity index (χ1v) is 9.37. The summed E-state index contributed by atoms with van der Waals surface area (Å²) in [6.45, 7) is 4.05. The fourth-order valence-corrected chi connectivity index (χ4v) is 1.67.